The Morgan fingerprint density at radius 3 is 2.88 bits per heavy atom. The first-order valence-corrected chi connectivity index (χ1v) is 8.10. The fraction of sp³-hybridized carbons (Fsp3) is 0.263. The average molecular weight is 340 g/mol. The Morgan fingerprint density at radius 2 is 2.12 bits per heavy atom. The van der Waals surface area contributed by atoms with Crippen molar-refractivity contribution in [2.24, 2.45) is 0 Å². The Bertz CT molecular complexity index is 791. The molecule has 6 nitrogen and oxygen atoms in total. The molecule has 1 N–H and O–H groups in total. The van der Waals surface area contributed by atoms with Gasteiger partial charge in [-0.25, -0.2) is 0 Å². The van der Waals surface area contributed by atoms with Gasteiger partial charge in [0.25, 0.3) is 5.91 Å². The highest BCUT2D eigenvalue weighted by Gasteiger charge is 2.31. The molecule has 2 aromatic rings. The van der Waals surface area contributed by atoms with Gasteiger partial charge in [0.15, 0.2) is 6.10 Å². The Kier molecular flexibility index (Phi) is 4.88. The third kappa shape index (κ3) is 3.74. The molecular formula is C19H20N2O4. The van der Waals surface area contributed by atoms with Gasteiger partial charge in [0, 0.05) is 11.8 Å². The summed E-state index contributed by atoms with van der Waals surface area (Å²) in [6, 6.07) is 13.0. The van der Waals surface area contributed by atoms with Gasteiger partial charge in [-0.15, -0.1) is 0 Å². The average Bonchev–Trinajstić information content (AvgIpc) is 2.58. The fourth-order valence-electron chi connectivity index (χ4n) is 2.76. The van der Waals surface area contributed by atoms with Crippen molar-refractivity contribution >= 4 is 23.7 Å². The van der Waals surface area contributed by atoms with Gasteiger partial charge in [-0.3, -0.25) is 9.59 Å². The van der Waals surface area contributed by atoms with E-state index in [0.717, 1.165) is 11.3 Å². The molecule has 1 unspecified atom stereocenters. The van der Waals surface area contributed by atoms with Crippen LogP contribution in [0.3, 0.4) is 0 Å². The summed E-state index contributed by atoms with van der Waals surface area (Å²) < 4.78 is 11.4. The van der Waals surface area contributed by atoms with Crippen LogP contribution in [0.5, 0.6) is 11.5 Å². The predicted molar refractivity (Wildman–Crippen MR) is 95.2 cm³/mol. The molecule has 2 amide bonds. The minimum atomic E-state index is -0.585. The van der Waals surface area contributed by atoms with Crippen molar-refractivity contribution in [3.63, 3.8) is 0 Å². The zero-order valence-electron chi connectivity index (χ0n) is 14.2. The molecule has 0 aliphatic carbocycles. The Labute approximate surface area is 146 Å². The summed E-state index contributed by atoms with van der Waals surface area (Å²) in [5.74, 6) is 1.23. The van der Waals surface area contributed by atoms with Crippen LogP contribution in [-0.4, -0.2) is 31.6 Å². The molecule has 0 aromatic heterocycles. The van der Waals surface area contributed by atoms with E-state index in [1.54, 1.807) is 30.0 Å². The largest absolute Gasteiger partial charge is 0.492 e. The van der Waals surface area contributed by atoms with Crippen LogP contribution in [-0.2, 0) is 9.59 Å². The van der Waals surface area contributed by atoms with Crippen LogP contribution in [0.2, 0.25) is 0 Å². The third-order valence-corrected chi connectivity index (χ3v) is 3.97. The first-order chi connectivity index (χ1) is 12.1. The summed E-state index contributed by atoms with van der Waals surface area (Å²) in [6.07, 6.45) is 0.0185. The highest BCUT2D eigenvalue weighted by molar-refractivity contribution is 6.00. The standard InChI is InChI=1S/C19H20N2O4/c1-13-4-3-5-16(10-13)24-9-8-21-17-7-6-15(20-12-22)11-18(17)25-14(2)19(21)23/h3-7,10-12,14H,8-9H2,1-2H3,(H,20,22). The van der Waals surface area contributed by atoms with E-state index in [1.165, 1.54) is 0 Å². The molecule has 0 bridgehead atoms. The number of benzene rings is 2. The maximum absolute atomic E-state index is 12.5. The number of anilines is 2. The van der Waals surface area contributed by atoms with Crippen molar-refractivity contribution < 1.29 is 19.1 Å². The van der Waals surface area contributed by atoms with Crippen LogP contribution in [0.1, 0.15) is 12.5 Å². The lowest BCUT2D eigenvalue weighted by atomic mass is 10.1. The quantitative estimate of drug-likeness (QED) is 0.821. The molecule has 3 rings (SSSR count). The number of aryl methyl sites for hydroxylation is 1. The lowest BCUT2D eigenvalue weighted by Crippen LogP contribution is -2.46. The number of fused-ring (bicyclic) bond motifs is 1. The molecule has 130 valence electrons. The van der Waals surface area contributed by atoms with E-state index in [9.17, 15) is 9.59 Å². The van der Waals surface area contributed by atoms with Gasteiger partial charge in [0.1, 0.15) is 18.1 Å². The first-order valence-electron chi connectivity index (χ1n) is 8.10. The van der Waals surface area contributed by atoms with E-state index in [1.807, 2.05) is 31.2 Å². The molecule has 1 atom stereocenters. The summed E-state index contributed by atoms with van der Waals surface area (Å²) in [5.41, 5.74) is 2.41. The molecule has 0 radical (unpaired) electrons. The van der Waals surface area contributed by atoms with E-state index < -0.39 is 6.10 Å². The predicted octanol–water partition coefficient (Wildman–Crippen LogP) is 2.76. The van der Waals surface area contributed by atoms with E-state index in [0.29, 0.717) is 36.7 Å². The molecule has 0 spiro atoms. The first kappa shape index (κ1) is 16.8. The summed E-state index contributed by atoms with van der Waals surface area (Å²) >= 11 is 0. The smallest absolute Gasteiger partial charge is 0.267 e. The molecule has 1 aliphatic rings. The second-order valence-electron chi connectivity index (χ2n) is 5.86. The number of ether oxygens (including phenoxy) is 2. The summed E-state index contributed by atoms with van der Waals surface area (Å²) in [4.78, 5) is 24.7. The number of rotatable bonds is 6. The third-order valence-electron chi connectivity index (χ3n) is 3.97. The summed E-state index contributed by atoms with van der Waals surface area (Å²) in [7, 11) is 0. The van der Waals surface area contributed by atoms with Crippen molar-refractivity contribution in [1.82, 2.24) is 0 Å². The van der Waals surface area contributed by atoms with Crippen molar-refractivity contribution in [3.8, 4) is 11.5 Å². The monoisotopic (exact) mass is 340 g/mol. The lowest BCUT2D eigenvalue weighted by Gasteiger charge is -2.33. The second-order valence-corrected chi connectivity index (χ2v) is 5.86. The van der Waals surface area contributed by atoms with Gasteiger partial charge < -0.3 is 19.7 Å². The van der Waals surface area contributed by atoms with Gasteiger partial charge >= 0.3 is 0 Å². The minimum Gasteiger partial charge on any atom is -0.492 e. The highest BCUT2D eigenvalue weighted by atomic mass is 16.5. The zero-order valence-corrected chi connectivity index (χ0v) is 14.2. The van der Waals surface area contributed by atoms with Gasteiger partial charge in [-0.2, -0.15) is 0 Å². The summed E-state index contributed by atoms with van der Waals surface area (Å²) in [6.45, 7) is 4.49. The Balaban J connectivity index is 1.74. The topological polar surface area (TPSA) is 67.9 Å². The van der Waals surface area contributed by atoms with Crippen LogP contribution in [0, 0.1) is 6.92 Å². The van der Waals surface area contributed by atoms with Crippen molar-refractivity contribution in [1.29, 1.82) is 0 Å². The summed E-state index contributed by atoms with van der Waals surface area (Å²) in [5, 5.41) is 2.58. The molecule has 1 aliphatic heterocycles. The SMILES string of the molecule is Cc1cccc(OCCN2C(=O)C(C)Oc3cc(NC=O)ccc32)c1. The van der Waals surface area contributed by atoms with Gasteiger partial charge in [0.05, 0.1) is 12.2 Å². The van der Waals surface area contributed by atoms with Crippen molar-refractivity contribution in [2.45, 2.75) is 20.0 Å². The van der Waals surface area contributed by atoms with Crippen LogP contribution >= 0.6 is 0 Å². The van der Waals surface area contributed by atoms with Gasteiger partial charge in [0.2, 0.25) is 6.41 Å². The number of carbonyl (C=O) groups excluding carboxylic acids is 2. The van der Waals surface area contributed by atoms with Gasteiger partial charge in [-0.1, -0.05) is 12.1 Å². The molecule has 1 heterocycles. The number of hydrogen-bond donors (Lipinski definition) is 1. The Morgan fingerprint density at radius 1 is 1.28 bits per heavy atom. The number of nitrogens with one attached hydrogen (secondary N) is 1. The molecule has 2 aromatic carbocycles. The molecule has 0 saturated carbocycles. The molecule has 25 heavy (non-hydrogen) atoms. The number of carbonyl (C=O) groups is 2. The Hall–Kier alpha value is -3.02. The maximum atomic E-state index is 12.5. The molecular weight excluding hydrogens is 320 g/mol. The number of hydrogen-bond acceptors (Lipinski definition) is 4. The van der Waals surface area contributed by atoms with Gasteiger partial charge in [-0.05, 0) is 43.7 Å². The van der Waals surface area contributed by atoms with Crippen LogP contribution < -0.4 is 19.7 Å². The second kappa shape index (κ2) is 7.25. The lowest BCUT2D eigenvalue weighted by molar-refractivity contribution is -0.125. The van der Waals surface area contributed by atoms with Crippen LogP contribution in [0.25, 0.3) is 0 Å². The fourth-order valence-corrected chi connectivity index (χ4v) is 2.76. The number of amides is 2. The molecule has 0 fully saturated rings. The highest BCUT2D eigenvalue weighted by Crippen LogP contribution is 2.36. The van der Waals surface area contributed by atoms with Crippen LogP contribution in [0.4, 0.5) is 11.4 Å². The number of nitrogens with zero attached hydrogens (tertiary/aromatic N) is 1. The van der Waals surface area contributed by atoms with E-state index in [4.69, 9.17) is 9.47 Å². The van der Waals surface area contributed by atoms with E-state index in [-0.39, 0.29) is 5.91 Å². The van der Waals surface area contributed by atoms with E-state index in [2.05, 4.69) is 5.32 Å². The van der Waals surface area contributed by atoms with Crippen LogP contribution in [0.15, 0.2) is 42.5 Å². The molecule has 6 heteroatoms. The normalized spacial score (nSPS) is 16.0. The van der Waals surface area contributed by atoms with E-state index >= 15 is 0 Å². The van der Waals surface area contributed by atoms with Crippen molar-refractivity contribution in [3.05, 3.63) is 48.0 Å². The van der Waals surface area contributed by atoms with Crippen molar-refractivity contribution in [2.75, 3.05) is 23.4 Å². The zero-order chi connectivity index (χ0) is 17.8. The maximum Gasteiger partial charge on any atom is 0.267 e. The molecule has 0 saturated heterocycles. The minimum absolute atomic E-state index is 0.114.